The minimum Gasteiger partial charge on any atom is -0.462 e. The van der Waals surface area contributed by atoms with E-state index < -0.39 is 10.8 Å². The van der Waals surface area contributed by atoms with Gasteiger partial charge in [-0.05, 0) is 496 Å². The van der Waals surface area contributed by atoms with E-state index in [4.69, 9.17) is 56.8 Å². The molecule has 28 bridgehead atoms. The smallest absolute Gasteiger partial charge is 0.311 e. The summed E-state index contributed by atoms with van der Waals surface area (Å²) in [6.45, 7) is 23.6. The lowest BCUT2D eigenvalue weighted by Crippen LogP contribution is -2.48. The first-order valence-electron chi connectivity index (χ1n) is 57.4. The van der Waals surface area contributed by atoms with Gasteiger partial charge in [-0.15, -0.1) is 0 Å². The SMILES string of the molecule is C.C.C.C.C.C.C.C.CCC(C)(C)C(=O)OC1CC2CC1C1C3CC(CC3C(=O)OCOCC34CC5CC(CC(C5)C3)C4)C21.CCC(C)(C)C(=O)OC1CC2CC1C1C3CC(CC3C(=O)OCOCC3CC4CCC3C4)C21.CCC(C)C(=O)OC1CC2CC1C1C3CC(CC3C(=O)OCOCC34CC5CC(CC(C5)C3)C4)C21.CCC(C)C(=O)OC1CC2CC1C1C3CC(CC3C(=O)OCOCC3CC4CCC3C4)C21. The van der Waals surface area contributed by atoms with Crippen LogP contribution in [0.25, 0.3) is 0 Å². The molecule has 20 nitrogen and oxygen atoms in total. The van der Waals surface area contributed by atoms with Crippen molar-refractivity contribution in [1.82, 2.24) is 0 Å². The molecule has 40 atom stereocenters. The summed E-state index contributed by atoms with van der Waals surface area (Å²) < 4.78 is 70.8. The zero-order valence-electron chi connectivity index (χ0n) is 84.7. The summed E-state index contributed by atoms with van der Waals surface area (Å²) in [5.74, 6) is 24.1. The first-order valence-corrected chi connectivity index (χ1v) is 57.4. The van der Waals surface area contributed by atoms with Crippen molar-refractivity contribution in [2.24, 2.45) is 270 Å². The van der Waals surface area contributed by atoms with Crippen molar-refractivity contribution >= 4 is 47.8 Å². The molecular formula is C124H204O20. The molecule has 28 rings (SSSR count). The fourth-order valence-corrected chi connectivity index (χ4v) is 41.4. The average molecular weight is 2010 g/mol. The van der Waals surface area contributed by atoms with Gasteiger partial charge in [-0.2, -0.15) is 0 Å². The standard InChI is InChI=1S/C31H46O5.C30H44O5.C28H42O5.C27H40O5.8CH4/c1-4-30(2,3)29(33)36-25-11-21-10-24(25)27-22-8-20(26(21)27)9-23(22)28(32)35-16-34-15-31-12-17-5-18(13-31)7-19(6-17)14-31;1-3-16(2)28(31)35-25-10-21-9-24(25)27-22-7-20(26(21)27)8-23(22)29(32)34-15-33-14-30-11-17-4-18(12-30)6-19(5-17)13-30;1-4-28(2,3)27(30)33-23-12-18-11-22(23)25-20-9-17(24(18)25)10-21(20)26(29)32-14-31-13-19-8-15-5-6-16(19)7-15;1-3-14(2)26(28)32-23-11-18-10-22(23)25-20-8-17(24(18)25)9-21(20)27(29)31-13-30-12-19-7-15-4-5-16(19)6-15;;;;;;;;/h17-27H,4-16H2,1-3H3;16-27H,3-15H2,1-2H3;15-25H,4-14H2,1-3H3;14-25H,3-13H2,1-2H3;8*1H4. The van der Waals surface area contributed by atoms with Crippen LogP contribution < -0.4 is 0 Å². The van der Waals surface area contributed by atoms with Crippen LogP contribution in [0.1, 0.15) is 385 Å². The Hall–Kier alpha value is -4.40. The highest BCUT2D eigenvalue weighted by molar-refractivity contribution is 5.78. The first kappa shape index (κ1) is 114. The molecule has 28 aliphatic rings. The van der Waals surface area contributed by atoms with Gasteiger partial charge in [0, 0.05) is 0 Å². The van der Waals surface area contributed by atoms with E-state index in [2.05, 4.69) is 6.92 Å². The molecule has 0 heterocycles. The van der Waals surface area contributed by atoms with E-state index in [1.165, 1.54) is 167 Å². The zero-order chi connectivity index (χ0) is 93.6. The maximum atomic E-state index is 13.2. The van der Waals surface area contributed by atoms with Crippen LogP contribution in [0.2, 0.25) is 0 Å². The van der Waals surface area contributed by atoms with E-state index in [9.17, 15) is 38.4 Å². The third-order valence-corrected chi connectivity index (χ3v) is 46.9. The zero-order valence-corrected chi connectivity index (χ0v) is 84.7. The fraction of sp³-hybridized carbons (Fsp3) is 0.935. The van der Waals surface area contributed by atoms with Gasteiger partial charge in [0.25, 0.3) is 0 Å². The van der Waals surface area contributed by atoms with Gasteiger partial charge in [-0.1, -0.05) is 114 Å². The number of hydrogen-bond acceptors (Lipinski definition) is 20. The summed E-state index contributed by atoms with van der Waals surface area (Å²) in [6, 6.07) is 0. The van der Waals surface area contributed by atoms with Gasteiger partial charge in [0.15, 0.2) is 27.2 Å². The van der Waals surface area contributed by atoms with Crippen LogP contribution in [0.4, 0.5) is 0 Å². The van der Waals surface area contributed by atoms with E-state index in [1.807, 2.05) is 62.3 Å². The summed E-state index contributed by atoms with van der Waals surface area (Å²) in [4.78, 5) is 103. The Balaban J connectivity index is 0.000000142. The third-order valence-electron chi connectivity index (χ3n) is 46.9. The highest BCUT2D eigenvalue weighted by atomic mass is 16.7. The van der Waals surface area contributed by atoms with Gasteiger partial charge < -0.3 is 56.8 Å². The van der Waals surface area contributed by atoms with Crippen molar-refractivity contribution in [3.05, 3.63) is 0 Å². The maximum Gasteiger partial charge on any atom is 0.311 e. The molecule has 0 N–H and O–H groups in total. The van der Waals surface area contributed by atoms with Crippen molar-refractivity contribution in [3.63, 3.8) is 0 Å². The minimum absolute atomic E-state index is 0. The molecule has 0 radical (unpaired) electrons. The van der Waals surface area contributed by atoms with E-state index >= 15 is 0 Å². The van der Waals surface area contributed by atoms with E-state index in [-0.39, 0.29) is 194 Å². The number of carbonyl (C=O) groups is 8. The Morgan fingerprint density at radius 1 is 0.271 bits per heavy atom. The lowest BCUT2D eigenvalue weighted by molar-refractivity contribution is -0.175. The molecule has 0 saturated heterocycles. The maximum absolute atomic E-state index is 13.2. The van der Waals surface area contributed by atoms with Crippen LogP contribution in [-0.4, -0.2) is 126 Å². The Morgan fingerprint density at radius 2 is 0.521 bits per heavy atom. The first-order chi connectivity index (χ1) is 65.6. The molecule has 28 saturated carbocycles. The van der Waals surface area contributed by atoms with Gasteiger partial charge in [0.2, 0.25) is 0 Å². The van der Waals surface area contributed by atoms with Crippen molar-refractivity contribution in [3.8, 4) is 0 Å². The second kappa shape index (κ2) is 45.0. The molecule has 28 aliphatic carbocycles. The monoisotopic (exact) mass is 2010 g/mol. The summed E-state index contributed by atoms with van der Waals surface area (Å²) in [7, 11) is 0. The fourth-order valence-electron chi connectivity index (χ4n) is 41.4. The molecule has 0 aromatic heterocycles. The molecular weight excluding hydrogens is 1810 g/mol. The lowest BCUT2D eigenvalue weighted by Gasteiger charge is -2.56. The van der Waals surface area contributed by atoms with E-state index in [0.29, 0.717) is 141 Å². The lowest BCUT2D eigenvalue weighted by atomic mass is 9.50. The predicted octanol–water partition coefficient (Wildman–Crippen LogP) is 26.7. The van der Waals surface area contributed by atoms with Crippen LogP contribution in [0, 0.1) is 270 Å². The number of rotatable bonds is 32. The van der Waals surface area contributed by atoms with Crippen LogP contribution in [-0.2, 0) is 95.2 Å². The predicted molar refractivity (Wildman–Crippen MR) is 559 cm³/mol. The minimum atomic E-state index is -0.418. The molecule has 0 spiro atoms. The Labute approximate surface area is 871 Å². The van der Waals surface area contributed by atoms with Gasteiger partial charge in [0.05, 0.1) is 72.8 Å². The number of hydrogen-bond donors (Lipinski definition) is 0. The van der Waals surface area contributed by atoms with Gasteiger partial charge in [-0.3, -0.25) is 38.4 Å². The molecule has 28 fully saturated rings. The molecule has 0 amide bonds. The summed E-state index contributed by atoms with van der Waals surface area (Å²) in [5.41, 5.74) is -0.104. The van der Waals surface area contributed by atoms with Gasteiger partial charge in [0.1, 0.15) is 24.4 Å². The largest absolute Gasteiger partial charge is 0.462 e. The normalized spacial score (nSPS) is 46.2. The quantitative estimate of drug-likeness (QED) is 0.0200. The highest BCUT2D eigenvalue weighted by Gasteiger charge is 2.72. The third kappa shape index (κ3) is 20.8. The number of fused-ring (bicyclic) bond motifs is 40. The average Bonchev–Trinajstić information content (AvgIpc) is 1.55. The topological polar surface area (TPSA) is 247 Å². The number of carbonyl (C=O) groups excluding carboxylic acids is 8. The summed E-state index contributed by atoms with van der Waals surface area (Å²) in [5, 5.41) is 0. The molecule has 0 aromatic carbocycles. The van der Waals surface area contributed by atoms with Gasteiger partial charge in [-0.25, -0.2) is 0 Å². The van der Waals surface area contributed by atoms with Crippen LogP contribution in [0.3, 0.4) is 0 Å². The molecule has 0 aliphatic heterocycles. The Bertz CT molecular complexity index is 4330. The van der Waals surface area contributed by atoms with Crippen molar-refractivity contribution in [2.45, 2.75) is 410 Å². The molecule has 0 aromatic rings. The molecule has 40 unspecified atom stereocenters. The number of ether oxygens (including phenoxy) is 12. The Kier molecular flexibility index (Phi) is 35.5. The Morgan fingerprint density at radius 3 is 0.764 bits per heavy atom. The van der Waals surface area contributed by atoms with Crippen LogP contribution >= 0.6 is 0 Å². The summed E-state index contributed by atoms with van der Waals surface area (Å²) >= 11 is 0. The second-order valence-corrected chi connectivity index (χ2v) is 54.6. The van der Waals surface area contributed by atoms with Gasteiger partial charge >= 0.3 is 47.8 Å². The van der Waals surface area contributed by atoms with E-state index in [0.717, 1.165) is 199 Å². The van der Waals surface area contributed by atoms with Crippen LogP contribution in [0.15, 0.2) is 0 Å². The van der Waals surface area contributed by atoms with E-state index in [1.54, 1.807) is 0 Å². The molecule has 144 heavy (non-hydrogen) atoms. The second-order valence-electron chi connectivity index (χ2n) is 54.6. The molecule has 20 heteroatoms. The molecule has 820 valence electrons. The summed E-state index contributed by atoms with van der Waals surface area (Å²) in [6.07, 6.45) is 48.6. The van der Waals surface area contributed by atoms with Crippen molar-refractivity contribution < 1.29 is 95.2 Å². The van der Waals surface area contributed by atoms with Crippen LogP contribution in [0.5, 0.6) is 0 Å². The highest BCUT2D eigenvalue weighted by Crippen LogP contribution is 2.75. The van der Waals surface area contributed by atoms with Crippen molar-refractivity contribution in [1.29, 1.82) is 0 Å². The number of esters is 8. The van der Waals surface area contributed by atoms with Crippen molar-refractivity contribution in [2.75, 3.05) is 53.6 Å².